The lowest BCUT2D eigenvalue weighted by Gasteiger charge is -1.94. The molecule has 0 aliphatic heterocycles. The van der Waals surface area contributed by atoms with Gasteiger partial charge in [0.15, 0.2) is 0 Å². The van der Waals surface area contributed by atoms with Crippen molar-refractivity contribution in [2.45, 2.75) is 6.92 Å². The van der Waals surface area contributed by atoms with E-state index in [4.69, 9.17) is 0 Å². The number of H-pyrrole nitrogens is 2. The van der Waals surface area contributed by atoms with Gasteiger partial charge in [0.05, 0.1) is 0 Å². The van der Waals surface area contributed by atoms with Crippen molar-refractivity contribution >= 4 is 21.8 Å². The van der Waals surface area contributed by atoms with Crippen LogP contribution in [-0.2, 0) is 0 Å². The molecule has 3 rings (SSSR count). The molecule has 0 saturated carbocycles. The number of benzene rings is 1. The summed E-state index contributed by atoms with van der Waals surface area (Å²) in [5.74, 6) is 0. The summed E-state index contributed by atoms with van der Waals surface area (Å²) in [4.78, 5) is 17.5. The topological polar surface area (TPSA) is 48.6 Å². The Hall–Kier alpha value is -2.03. The number of hydrogen-bond acceptors (Lipinski definition) is 1. The fourth-order valence-corrected chi connectivity index (χ4v) is 2.04. The number of nitrogens with one attached hydrogen (secondary N) is 2. The lowest BCUT2D eigenvalue weighted by molar-refractivity contribution is 1.23. The molecule has 0 fully saturated rings. The number of aromatic nitrogens is 2. The third-order valence-corrected chi connectivity index (χ3v) is 2.75. The predicted octanol–water partition coefficient (Wildman–Crippen LogP) is 2.32. The van der Waals surface area contributed by atoms with Crippen molar-refractivity contribution in [3.05, 3.63) is 46.4 Å². The number of aromatic amines is 2. The third kappa shape index (κ3) is 1.03. The number of pyridine rings is 1. The average Bonchev–Trinajstić information content (AvgIpc) is 2.64. The lowest BCUT2D eigenvalue weighted by Crippen LogP contribution is -2.05. The van der Waals surface area contributed by atoms with Crippen LogP contribution < -0.4 is 5.56 Å². The number of para-hydroxylation sites is 1. The van der Waals surface area contributed by atoms with E-state index in [2.05, 4.69) is 9.97 Å². The molecule has 0 spiro atoms. The highest BCUT2D eigenvalue weighted by Gasteiger charge is 2.08. The molecule has 0 amide bonds. The van der Waals surface area contributed by atoms with Crippen molar-refractivity contribution in [3.8, 4) is 0 Å². The van der Waals surface area contributed by atoms with Gasteiger partial charge in [-0.2, -0.15) is 0 Å². The summed E-state index contributed by atoms with van der Waals surface area (Å²) in [6, 6.07) is 7.95. The van der Waals surface area contributed by atoms with E-state index in [0.29, 0.717) is 5.52 Å². The van der Waals surface area contributed by atoms with Crippen LogP contribution in [0.1, 0.15) is 5.56 Å². The molecule has 3 aromatic rings. The molecule has 0 bridgehead atoms. The van der Waals surface area contributed by atoms with Crippen molar-refractivity contribution in [1.82, 2.24) is 9.97 Å². The molecule has 3 nitrogen and oxygen atoms in total. The molecular weight excluding hydrogens is 188 g/mol. The van der Waals surface area contributed by atoms with Crippen molar-refractivity contribution in [3.63, 3.8) is 0 Å². The van der Waals surface area contributed by atoms with Gasteiger partial charge >= 0.3 is 0 Å². The van der Waals surface area contributed by atoms with Crippen LogP contribution >= 0.6 is 0 Å². The molecule has 2 aromatic heterocycles. The van der Waals surface area contributed by atoms with Crippen molar-refractivity contribution in [2.24, 2.45) is 0 Å². The maximum atomic E-state index is 11.6. The largest absolute Gasteiger partial charge is 0.350 e. The van der Waals surface area contributed by atoms with Crippen LogP contribution in [0.25, 0.3) is 21.8 Å². The maximum absolute atomic E-state index is 11.6. The second kappa shape index (κ2) is 2.73. The maximum Gasteiger partial charge on any atom is 0.272 e. The molecule has 2 heterocycles. The van der Waals surface area contributed by atoms with E-state index >= 15 is 0 Å². The molecule has 0 aliphatic carbocycles. The zero-order chi connectivity index (χ0) is 10.4. The average molecular weight is 198 g/mol. The summed E-state index contributed by atoms with van der Waals surface area (Å²) in [7, 11) is 0. The Balaban J connectivity index is 2.72. The summed E-state index contributed by atoms with van der Waals surface area (Å²) < 4.78 is 0. The third-order valence-electron chi connectivity index (χ3n) is 2.75. The summed E-state index contributed by atoms with van der Waals surface area (Å²) >= 11 is 0. The smallest absolute Gasteiger partial charge is 0.272 e. The van der Waals surface area contributed by atoms with Crippen molar-refractivity contribution in [2.75, 3.05) is 0 Å². The first-order chi connectivity index (χ1) is 7.27. The molecule has 3 heteroatoms. The quantitative estimate of drug-likeness (QED) is 0.572. The first kappa shape index (κ1) is 8.29. The molecule has 2 N–H and O–H groups in total. The molecule has 0 unspecified atom stereocenters. The van der Waals surface area contributed by atoms with Gasteiger partial charge in [0.2, 0.25) is 0 Å². The highest BCUT2D eigenvalue weighted by Crippen LogP contribution is 2.24. The summed E-state index contributed by atoms with van der Waals surface area (Å²) in [6.45, 7) is 2.00. The minimum atomic E-state index is -0.0631. The van der Waals surface area contributed by atoms with Crippen molar-refractivity contribution in [1.29, 1.82) is 0 Å². The molecular formula is C12H10N2O. The SMILES string of the molecule is Cc1c[nH]c(=O)c2[nH]c3ccccc3c12. The second-order valence-corrected chi connectivity index (χ2v) is 3.72. The monoisotopic (exact) mass is 198 g/mol. The van der Waals surface area contributed by atoms with Gasteiger partial charge in [-0.15, -0.1) is 0 Å². The Bertz CT molecular complexity index is 706. The highest BCUT2D eigenvalue weighted by molar-refractivity contribution is 6.08. The zero-order valence-corrected chi connectivity index (χ0v) is 8.29. The predicted molar refractivity (Wildman–Crippen MR) is 61.2 cm³/mol. The van der Waals surface area contributed by atoms with Crippen LogP contribution in [0.3, 0.4) is 0 Å². The van der Waals surface area contributed by atoms with Crippen molar-refractivity contribution < 1.29 is 0 Å². The van der Waals surface area contributed by atoms with Crippen LogP contribution in [-0.4, -0.2) is 9.97 Å². The normalized spacial score (nSPS) is 11.3. The molecule has 0 atom stereocenters. The van der Waals surface area contributed by atoms with E-state index in [1.807, 2.05) is 31.2 Å². The summed E-state index contributed by atoms with van der Waals surface area (Å²) in [6.07, 6.45) is 1.75. The van der Waals surface area contributed by atoms with E-state index in [-0.39, 0.29) is 5.56 Å². The van der Waals surface area contributed by atoms with Crippen LogP contribution in [0.2, 0.25) is 0 Å². The minimum Gasteiger partial charge on any atom is -0.350 e. The minimum absolute atomic E-state index is 0.0631. The molecule has 0 aliphatic rings. The van der Waals surface area contributed by atoms with Crippen LogP contribution in [0.5, 0.6) is 0 Å². The number of aryl methyl sites for hydroxylation is 1. The van der Waals surface area contributed by atoms with Gasteiger partial charge in [0, 0.05) is 22.5 Å². The molecule has 15 heavy (non-hydrogen) atoms. The Morgan fingerprint density at radius 1 is 1.20 bits per heavy atom. The van der Waals surface area contributed by atoms with Crippen LogP contribution in [0.15, 0.2) is 35.3 Å². The van der Waals surface area contributed by atoms with E-state index in [0.717, 1.165) is 21.9 Å². The fourth-order valence-electron chi connectivity index (χ4n) is 2.04. The van der Waals surface area contributed by atoms with E-state index in [1.54, 1.807) is 6.20 Å². The van der Waals surface area contributed by atoms with E-state index in [1.165, 1.54) is 0 Å². The molecule has 0 saturated heterocycles. The van der Waals surface area contributed by atoms with Gasteiger partial charge in [-0.1, -0.05) is 18.2 Å². The standard InChI is InChI=1S/C12H10N2O/c1-7-6-13-12(15)11-10(7)8-4-2-3-5-9(8)14-11/h2-6,14H,1H3,(H,13,15). The van der Waals surface area contributed by atoms with E-state index in [9.17, 15) is 4.79 Å². The molecule has 0 radical (unpaired) electrons. The Morgan fingerprint density at radius 2 is 2.00 bits per heavy atom. The molecule has 1 aromatic carbocycles. The summed E-state index contributed by atoms with van der Waals surface area (Å²) in [5, 5.41) is 2.13. The highest BCUT2D eigenvalue weighted by atomic mass is 16.1. The van der Waals surface area contributed by atoms with Gasteiger partial charge in [0.1, 0.15) is 5.52 Å². The lowest BCUT2D eigenvalue weighted by atomic mass is 10.1. The van der Waals surface area contributed by atoms with E-state index < -0.39 is 0 Å². The number of fused-ring (bicyclic) bond motifs is 3. The zero-order valence-electron chi connectivity index (χ0n) is 8.29. The van der Waals surface area contributed by atoms with Gasteiger partial charge in [-0.25, -0.2) is 0 Å². The summed E-state index contributed by atoms with van der Waals surface area (Å²) in [5.41, 5.74) is 2.69. The Kier molecular flexibility index (Phi) is 1.51. The van der Waals surface area contributed by atoms with Gasteiger partial charge in [-0.3, -0.25) is 4.79 Å². The first-order valence-corrected chi connectivity index (χ1v) is 4.86. The van der Waals surface area contributed by atoms with Gasteiger partial charge in [-0.05, 0) is 18.6 Å². The first-order valence-electron chi connectivity index (χ1n) is 4.86. The Labute approximate surface area is 85.8 Å². The number of rotatable bonds is 0. The Morgan fingerprint density at radius 3 is 2.87 bits per heavy atom. The van der Waals surface area contributed by atoms with Crippen LogP contribution in [0, 0.1) is 6.92 Å². The number of hydrogen-bond donors (Lipinski definition) is 2. The van der Waals surface area contributed by atoms with Crippen LogP contribution in [0.4, 0.5) is 0 Å². The fraction of sp³-hybridized carbons (Fsp3) is 0.0833. The van der Waals surface area contributed by atoms with Gasteiger partial charge < -0.3 is 9.97 Å². The van der Waals surface area contributed by atoms with Gasteiger partial charge in [0.25, 0.3) is 5.56 Å². The molecule has 74 valence electrons. The second-order valence-electron chi connectivity index (χ2n) is 3.72.